The number of aliphatic imine (C=N–C) groups is 1. The van der Waals surface area contributed by atoms with Gasteiger partial charge in [-0.3, -0.25) is 0 Å². The number of thiazole rings is 1. The lowest BCUT2D eigenvalue weighted by atomic mass is 10.2. The Labute approximate surface area is 159 Å². The molecular formula is C20H27N5S. The van der Waals surface area contributed by atoms with E-state index in [-0.39, 0.29) is 0 Å². The number of hydrogen-bond acceptors (Lipinski definition) is 3. The highest BCUT2D eigenvalue weighted by Crippen LogP contribution is 2.15. The Hall–Kier alpha value is -2.34. The van der Waals surface area contributed by atoms with Gasteiger partial charge in [0.05, 0.1) is 17.2 Å². The zero-order valence-corrected chi connectivity index (χ0v) is 16.4. The van der Waals surface area contributed by atoms with Gasteiger partial charge in [0.15, 0.2) is 5.96 Å². The Balaban J connectivity index is 1.49. The lowest BCUT2D eigenvalue weighted by Gasteiger charge is -2.11. The van der Waals surface area contributed by atoms with Gasteiger partial charge in [-0.1, -0.05) is 25.1 Å². The highest BCUT2D eigenvalue weighted by molar-refractivity contribution is 7.09. The smallest absolute Gasteiger partial charge is 0.191 e. The van der Waals surface area contributed by atoms with Crippen molar-refractivity contribution in [3.63, 3.8) is 0 Å². The summed E-state index contributed by atoms with van der Waals surface area (Å²) in [5.41, 5.74) is 2.34. The van der Waals surface area contributed by atoms with Crippen molar-refractivity contribution in [1.82, 2.24) is 20.2 Å². The van der Waals surface area contributed by atoms with Crippen molar-refractivity contribution in [3.05, 3.63) is 52.6 Å². The topological polar surface area (TPSA) is 54.2 Å². The van der Waals surface area contributed by atoms with Crippen LogP contribution in [-0.4, -0.2) is 28.6 Å². The van der Waals surface area contributed by atoms with Gasteiger partial charge >= 0.3 is 0 Å². The molecular weight excluding hydrogens is 342 g/mol. The number of fused-ring (bicyclic) bond motifs is 1. The van der Waals surface area contributed by atoms with Crippen molar-refractivity contribution in [1.29, 1.82) is 0 Å². The molecule has 0 aliphatic heterocycles. The molecule has 6 heteroatoms. The minimum Gasteiger partial charge on any atom is -0.357 e. The molecule has 2 heterocycles. The molecule has 3 aromatic rings. The van der Waals surface area contributed by atoms with E-state index in [0.717, 1.165) is 44.1 Å². The molecule has 0 spiro atoms. The Morgan fingerprint density at radius 1 is 1.19 bits per heavy atom. The van der Waals surface area contributed by atoms with Gasteiger partial charge in [-0.2, -0.15) is 0 Å². The van der Waals surface area contributed by atoms with Gasteiger partial charge in [-0.05, 0) is 37.3 Å². The highest BCUT2D eigenvalue weighted by Gasteiger charge is 2.02. The van der Waals surface area contributed by atoms with Crippen molar-refractivity contribution >= 4 is 28.2 Å². The second-order valence-corrected chi connectivity index (χ2v) is 7.07. The van der Waals surface area contributed by atoms with Crippen LogP contribution in [0.25, 0.3) is 10.9 Å². The number of nitrogens with one attached hydrogen (secondary N) is 2. The van der Waals surface area contributed by atoms with Crippen LogP contribution in [0, 0.1) is 0 Å². The Morgan fingerprint density at radius 2 is 2.08 bits per heavy atom. The minimum atomic E-state index is 0.619. The van der Waals surface area contributed by atoms with E-state index >= 15 is 0 Å². The number of benzene rings is 1. The van der Waals surface area contributed by atoms with Crippen molar-refractivity contribution in [2.75, 3.05) is 13.1 Å². The molecule has 0 aliphatic rings. The second-order valence-electron chi connectivity index (χ2n) is 6.13. The van der Waals surface area contributed by atoms with Crippen LogP contribution in [-0.2, 0) is 19.5 Å². The molecule has 26 heavy (non-hydrogen) atoms. The molecule has 2 N–H and O–H groups in total. The molecule has 0 saturated carbocycles. The van der Waals surface area contributed by atoms with E-state index in [1.807, 2.05) is 0 Å². The normalized spacial score (nSPS) is 11.8. The molecule has 5 nitrogen and oxygen atoms in total. The van der Waals surface area contributed by atoms with Crippen LogP contribution in [0.2, 0.25) is 0 Å². The fourth-order valence-corrected chi connectivity index (χ4v) is 3.61. The lowest BCUT2D eigenvalue weighted by Crippen LogP contribution is -2.38. The van der Waals surface area contributed by atoms with E-state index in [1.54, 1.807) is 11.3 Å². The zero-order valence-electron chi connectivity index (χ0n) is 15.5. The predicted molar refractivity (Wildman–Crippen MR) is 111 cm³/mol. The first-order chi connectivity index (χ1) is 12.8. The quantitative estimate of drug-likeness (QED) is 0.361. The van der Waals surface area contributed by atoms with Gasteiger partial charge < -0.3 is 15.2 Å². The molecule has 0 unspecified atom stereocenters. The van der Waals surface area contributed by atoms with Crippen molar-refractivity contribution < 1.29 is 0 Å². The molecule has 1 aromatic carbocycles. The van der Waals surface area contributed by atoms with E-state index in [1.165, 1.54) is 15.9 Å². The summed E-state index contributed by atoms with van der Waals surface area (Å²) < 4.78 is 2.31. The standard InChI is InChI=1S/C20H27N5S/c1-3-19-24-17(15-26-19)14-23-20(21-4-2)22-11-7-12-25-13-10-16-8-5-6-9-18(16)25/h5-6,8-10,13,15H,3-4,7,11-12,14H2,1-2H3,(H2,21,22,23). The number of para-hydroxylation sites is 1. The first kappa shape index (κ1) is 18.5. The SMILES string of the molecule is CCNC(=NCc1csc(CC)n1)NCCCn1ccc2ccccc21. The largest absolute Gasteiger partial charge is 0.357 e. The summed E-state index contributed by atoms with van der Waals surface area (Å²) in [6.07, 6.45) is 4.19. The summed E-state index contributed by atoms with van der Waals surface area (Å²) in [5.74, 6) is 0.857. The van der Waals surface area contributed by atoms with Crippen LogP contribution in [0.4, 0.5) is 0 Å². The molecule has 0 atom stereocenters. The number of hydrogen-bond donors (Lipinski definition) is 2. The Bertz CT molecular complexity index is 849. The molecule has 2 aromatic heterocycles. The maximum atomic E-state index is 4.65. The van der Waals surface area contributed by atoms with Crippen molar-refractivity contribution in [2.45, 2.75) is 39.8 Å². The summed E-state index contributed by atoms with van der Waals surface area (Å²) in [4.78, 5) is 9.22. The maximum absolute atomic E-state index is 4.65. The fourth-order valence-electron chi connectivity index (χ4n) is 2.88. The summed E-state index contributed by atoms with van der Waals surface area (Å²) >= 11 is 1.71. The first-order valence-corrected chi connectivity index (χ1v) is 10.2. The summed E-state index contributed by atoms with van der Waals surface area (Å²) in [6, 6.07) is 10.7. The molecule has 3 rings (SSSR count). The molecule has 0 saturated heterocycles. The Kier molecular flexibility index (Phi) is 6.66. The van der Waals surface area contributed by atoms with Gasteiger partial charge in [0.1, 0.15) is 0 Å². The van der Waals surface area contributed by atoms with Crippen LogP contribution in [0.15, 0.2) is 46.9 Å². The van der Waals surface area contributed by atoms with Crippen LogP contribution < -0.4 is 10.6 Å². The number of nitrogens with zero attached hydrogens (tertiary/aromatic N) is 3. The molecule has 0 radical (unpaired) electrons. The predicted octanol–water partition coefficient (Wildman–Crippen LogP) is 3.81. The van der Waals surface area contributed by atoms with Crippen LogP contribution in [0.5, 0.6) is 0 Å². The third kappa shape index (κ3) is 4.85. The zero-order chi connectivity index (χ0) is 18.2. The van der Waals surface area contributed by atoms with Gasteiger partial charge in [-0.25, -0.2) is 9.98 Å². The second kappa shape index (κ2) is 9.38. The third-order valence-electron chi connectivity index (χ3n) is 4.19. The lowest BCUT2D eigenvalue weighted by molar-refractivity contribution is 0.641. The minimum absolute atomic E-state index is 0.619. The van der Waals surface area contributed by atoms with Gasteiger partial charge in [0, 0.05) is 36.7 Å². The first-order valence-electron chi connectivity index (χ1n) is 9.29. The van der Waals surface area contributed by atoms with E-state index in [9.17, 15) is 0 Å². The van der Waals surface area contributed by atoms with Gasteiger partial charge in [0.25, 0.3) is 0 Å². The average molecular weight is 370 g/mol. The van der Waals surface area contributed by atoms with Crippen LogP contribution >= 0.6 is 11.3 Å². The van der Waals surface area contributed by atoms with E-state index in [4.69, 9.17) is 0 Å². The summed E-state index contributed by atoms with van der Waals surface area (Å²) in [6.45, 7) is 7.56. The van der Waals surface area contributed by atoms with Crippen LogP contribution in [0.1, 0.15) is 31.0 Å². The molecule has 138 valence electrons. The highest BCUT2D eigenvalue weighted by atomic mass is 32.1. The number of aromatic nitrogens is 2. The Morgan fingerprint density at radius 3 is 2.88 bits per heavy atom. The maximum Gasteiger partial charge on any atom is 0.191 e. The van der Waals surface area contributed by atoms with Crippen LogP contribution in [0.3, 0.4) is 0 Å². The molecule has 0 amide bonds. The monoisotopic (exact) mass is 369 g/mol. The van der Waals surface area contributed by atoms with Crippen molar-refractivity contribution in [2.24, 2.45) is 4.99 Å². The van der Waals surface area contributed by atoms with E-state index in [0.29, 0.717) is 6.54 Å². The molecule has 0 aliphatic carbocycles. The molecule has 0 fully saturated rings. The van der Waals surface area contributed by atoms with Crippen molar-refractivity contribution in [3.8, 4) is 0 Å². The number of guanidine groups is 1. The summed E-state index contributed by atoms with van der Waals surface area (Å²) in [7, 11) is 0. The van der Waals surface area contributed by atoms with Gasteiger partial charge in [-0.15, -0.1) is 11.3 Å². The van der Waals surface area contributed by atoms with E-state index in [2.05, 4.69) is 80.9 Å². The van der Waals surface area contributed by atoms with E-state index < -0.39 is 0 Å². The number of aryl methyl sites for hydroxylation is 2. The third-order valence-corrected chi connectivity index (χ3v) is 5.24. The van der Waals surface area contributed by atoms with Gasteiger partial charge in [0.2, 0.25) is 0 Å². The number of rotatable bonds is 8. The average Bonchev–Trinajstić information content (AvgIpc) is 3.30. The molecule has 0 bridgehead atoms. The summed E-state index contributed by atoms with van der Waals surface area (Å²) in [5, 5.41) is 11.3. The fraction of sp³-hybridized carbons (Fsp3) is 0.400.